The number of nitrogens with one attached hydrogen (secondary N) is 1. The summed E-state index contributed by atoms with van der Waals surface area (Å²) in [6.07, 6.45) is 0.473. The third kappa shape index (κ3) is 7.42. The van der Waals surface area contributed by atoms with Gasteiger partial charge in [-0.2, -0.15) is 0 Å². The van der Waals surface area contributed by atoms with Gasteiger partial charge in [0.25, 0.3) is 5.91 Å². The average molecular weight is 479 g/mol. The van der Waals surface area contributed by atoms with E-state index in [0.717, 1.165) is 16.7 Å². The number of carbonyl (C=O) groups excluding carboxylic acids is 2. The number of carbonyl (C=O) groups is 2. The number of hydrogen-bond donors (Lipinski definition) is 1. The van der Waals surface area contributed by atoms with Crippen molar-refractivity contribution < 1.29 is 14.3 Å². The van der Waals surface area contributed by atoms with Crippen LogP contribution in [0.5, 0.6) is 5.75 Å². The summed E-state index contributed by atoms with van der Waals surface area (Å²) in [6.45, 7) is 10.5. The molecule has 0 aromatic heterocycles. The quantitative estimate of drug-likeness (QED) is 0.485. The van der Waals surface area contributed by atoms with Crippen LogP contribution in [-0.2, 0) is 16.1 Å². The highest BCUT2D eigenvalue weighted by atomic mass is 35.5. The maximum Gasteiger partial charge on any atom is 0.261 e. The van der Waals surface area contributed by atoms with Crippen molar-refractivity contribution in [3.8, 4) is 5.75 Å². The molecule has 1 N–H and O–H groups in total. The minimum atomic E-state index is -0.626. The van der Waals surface area contributed by atoms with Gasteiger partial charge in [-0.3, -0.25) is 9.59 Å². The average Bonchev–Trinajstić information content (AvgIpc) is 2.75. The molecule has 0 saturated heterocycles. The molecule has 2 aromatic rings. The molecule has 7 heteroatoms. The molecule has 0 aliphatic carbocycles. The van der Waals surface area contributed by atoms with Crippen LogP contribution in [-0.4, -0.2) is 35.9 Å². The van der Waals surface area contributed by atoms with E-state index in [1.807, 2.05) is 52.8 Å². The van der Waals surface area contributed by atoms with Gasteiger partial charge >= 0.3 is 0 Å². The van der Waals surface area contributed by atoms with Crippen LogP contribution in [0.25, 0.3) is 0 Å². The van der Waals surface area contributed by atoms with E-state index in [1.165, 1.54) is 0 Å². The number of benzene rings is 2. The Bertz CT molecular complexity index is 947. The van der Waals surface area contributed by atoms with Crippen molar-refractivity contribution in [1.29, 1.82) is 0 Å². The molecule has 32 heavy (non-hydrogen) atoms. The lowest BCUT2D eigenvalue weighted by atomic mass is 10.1. The summed E-state index contributed by atoms with van der Waals surface area (Å²) in [5.41, 5.74) is 3.02. The molecule has 2 amide bonds. The zero-order valence-electron chi connectivity index (χ0n) is 19.4. The lowest BCUT2D eigenvalue weighted by molar-refractivity contribution is -0.143. The Hall–Kier alpha value is -2.24. The summed E-state index contributed by atoms with van der Waals surface area (Å²) in [6, 6.07) is 10.3. The number of amides is 2. The van der Waals surface area contributed by atoms with Crippen LogP contribution in [0.3, 0.4) is 0 Å². The smallest absolute Gasteiger partial charge is 0.261 e. The van der Waals surface area contributed by atoms with Crippen molar-refractivity contribution in [3.63, 3.8) is 0 Å². The molecule has 0 fully saturated rings. The predicted octanol–water partition coefficient (Wildman–Crippen LogP) is 5.57. The Morgan fingerprint density at radius 1 is 1.03 bits per heavy atom. The Morgan fingerprint density at radius 2 is 1.75 bits per heavy atom. The highest BCUT2D eigenvalue weighted by Crippen LogP contribution is 2.24. The summed E-state index contributed by atoms with van der Waals surface area (Å²) < 4.78 is 5.77. The molecule has 2 aromatic carbocycles. The van der Waals surface area contributed by atoms with Crippen molar-refractivity contribution in [2.75, 3.05) is 13.2 Å². The van der Waals surface area contributed by atoms with E-state index >= 15 is 0 Å². The molecule has 174 valence electrons. The number of halogens is 2. The van der Waals surface area contributed by atoms with Crippen LogP contribution in [0.1, 0.15) is 43.9 Å². The van der Waals surface area contributed by atoms with E-state index in [2.05, 4.69) is 5.32 Å². The fraction of sp³-hybridized carbons (Fsp3) is 0.440. The van der Waals surface area contributed by atoms with Crippen molar-refractivity contribution in [2.24, 2.45) is 5.92 Å². The number of ether oxygens (including phenoxy) is 1. The van der Waals surface area contributed by atoms with Crippen LogP contribution in [0.15, 0.2) is 36.4 Å². The Labute approximate surface area is 201 Å². The molecule has 2 rings (SSSR count). The SMILES string of the molecule is CC[C@@H](C(=O)NCC(C)C)N(Cc1ccc(Cl)c(Cl)c1)C(=O)COc1ccc(C)c(C)c1. The summed E-state index contributed by atoms with van der Waals surface area (Å²) in [4.78, 5) is 27.7. The van der Waals surface area contributed by atoms with E-state index in [9.17, 15) is 9.59 Å². The summed E-state index contributed by atoms with van der Waals surface area (Å²) in [5.74, 6) is 0.471. The largest absolute Gasteiger partial charge is 0.484 e. The molecule has 0 aliphatic rings. The van der Waals surface area contributed by atoms with E-state index in [0.29, 0.717) is 34.7 Å². The van der Waals surface area contributed by atoms with Gasteiger partial charge in [0, 0.05) is 13.1 Å². The maximum absolute atomic E-state index is 13.2. The Kier molecular flexibility index (Phi) is 9.85. The van der Waals surface area contributed by atoms with Gasteiger partial charge in [0.1, 0.15) is 11.8 Å². The number of aryl methyl sites for hydroxylation is 2. The molecule has 0 spiro atoms. The van der Waals surface area contributed by atoms with Crippen LogP contribution in [0, 0.1) is 19.8 Å². The molecular weight excluding hydrogens is 447 g/mol. The molecular formula is C25H32Cl2N2O3. The van der Waals surface area contributed by atoms with Gasteiger partial charge in [-0.15, -0.1) is 0 Å². The first kappa shape index (κ1) is 26.0. The molecule has 0 heterocycles. The lowest BCUT2D eigenvalue weighted by Crippen LogP contribution is -2.50. The summed E-state index contributed by atoms with van der Waals surface area (Å²) in [7, 11) is 0. The van der Waals surface area contributed by atoms with Crippen LogP contribution >= 0.6 is 23.2 Å². The first-order valence-corrected chi connectivity index (χ1v) is 11.6. The Morgan fingerprint density at radius 3 is 2.34 bits per heavy atom. The van der Waals surface area contributed by atoms with Gasteiger partial charge < -0.3 is 15.0 Å². The normalized spacial score (nSPS) is 11.9. The lowest BCUT2D eigenvalue weighted by Gasteiger charge is -2.31. The third-order valence-corrected chi connectivity index (χ3v) is 5.99. The molecule has 0 aliphatic heterocycles. The summed E-state index contributed by atoms with van der Waals surface area (Å²) >= 11 is 12.2. The van der Waals surface area contributed by atoms with Gasteiger partial charge in [0.05, 0.1) is 10.0 Å². The molecule has 0 bridgehead atoms. The molecule has 0 unspecified atom stereocenters. The first-order chi connectivity index (χ1) is 15.1. The fourth-order valence-electron chi connectivity index (χ4n) is 3.21. The van der Waals surface area contributed by atoms with Crippen LogP contribution < -0.4 is 10.1 Å². The second-order valence-electron chi connectivity index (χ2n) is 8.37. The van der Waals surface area contributed by atoms with Gasteiger partial charge in [-0.05, 0) is 67.1 Å². The highest BCUT2D eigenvalue weighted by Gasteiger charge is 2.29. The van der Waals surface area contributed by atoms with E-state index in [1.54, 1.807) is 23.1 Å². The van der Waals surface area contributed by atoms with Crippen molar-refractivity contribution >= 4 is 35.0 Å². The van der Waals surface area contributed by atoms with Crippen molar-refractivity contribution in [1.82, 2.24) is 10.2 Å². The number of nitrogens with zero attached hydrogens (tertiary/aromatic N) is 1. The minimum absolute atomic E-state index is 0.169. The van der Waals surface area contributed by atoms with Gasteiger partial charge in [0.15, 0.2) is 6.61 Å². The standard InChI is InChI=1S/C25H32Cl2N2O3/c1-6-23(25(31)28-13-16(2)3)29(14-19-8-10-21(26)22(27)12-19)24(30)15-32-20-9-7-17(4)18(5)11-20/h7-12,16,23H,6,13-15H2,1-5H3,(H,28,31)/t23-/m0/s1. The van der Waals surface area contributed by atoms with E-state index in [4.69, 9.17) is 27.9 Å². The Balaban J connectivity index is 2.23. The first-order valence-electron chi connectivity index (χ1n) is 10.8. The number of hydrogen-bond acceptors (Lipinski definition) is 3. The highest BCUT2D eigenvalue weighted by molar-refractivity contribution is 6.42. The topological polar surface area (TPSA) is 58.6 Å². The predicted molar refractivity (Wildman–Crippen MR) is 130 cm³/mol. The molecule has 1 atom stereocenters. The fourth-order valence-corrected chi connectivity index (χ4v) is 3.53. The van der Waals surface area contributed by atoms with Gasteiger partial charge in [0.2, 0.25) is 5.91 Å². The van der Waals surface area contributed by atoms with Crippen molar-refractivity contribution in [2.45, 2.75) is 53.6 Å². The monoisotopic (exact) mass is 478 g/mol. The second kappa shape index (κ2) is 12.1. The van der Waals surface area contributed by atoms with E-state index in [-0.39, 0.29) is 25.0 Å². The second-order valence-corrected chi connectivity index (χ2v) is 9.18. The molecule has 0 radical (unpaired) electrons. The molecule has 0 saturated carbocycles. The maximum atomic E-state index is 13.2. The van der Waals surface area contributed by atoms with Crippen LogP contribution in [0.4, 0.5) is 0 Å². The zero-order chi connectivity index (χ0) is 23.8. The van der Waals surface area contributed by atoms with Crippen molar-refractivity contribution in [3.05, 3.63) is 63.1 Å². The van der Waals surface area contributed by atoms with E-state index < -0.39 is 6.04 Å². The van der Waals surface area contributed by atoms with Gasteiger partial charge in [-0.25, -0.2) is 0 Å². The van der Waals surface area contributed by atoms with Crippen LogP contribution in [0.2, 0.25) is 10.0 Å². The number of rotatable bonds is 10. The third-order valence-electron chi connectivity index (χ3n) is 5.25. The van der Waals surface area contributed by atoms with Gasteiger partial charge in [-0.1, -0.05) is 56.1 Å². The molecule has 5 nitrogen and oxygen atoms in total. The minimum Gasteiger partial charge on any atom is -0.484 e. The summed E-state index contributed by atoms with van der Waals surface area (Å²) in [5, 5.41) is 3.78. The zero-order valence-corrected chi connectivity index (χ0v) is 20.9.